The molecule has 0 bridgehead atoms. The van der Waals surface area contributed by atoms with Crippen molar-refractivity contribution in [1.82, 2.24) is 19.1 Å². The summed E-state index contributed by atoms with van der Waals surface area (Å²) in [6.07, 6.45) is 0. The van der Waals surface area contributed by atoms with E-state index in [1.165, 1.54) is 28.8 Å². The van der Waals surface area contributed by atoms with Gasteiger partial charge in [-0.1, -0.05) is 24.3 Å². The maximum absolute atomic E-state index is 13.3. The van der Waals surface area contributed by atoms with Crippen LogP contribution in [0.1, 0.15) is 11.1 Å². The van der Waals surface area contributed by atoms with Crippen LogP contribution in [0.5, 0.6) is 5.75 Å². The first-order chi connectivity index (χ1) is 15.8. The van der Waals surface area contributed by atoms with Crippen LogP contribution < -0.4 is 33.0 Å². The fourth-order valence-corrected chi connectivity index (χ4v) is 3.04. The van der Waals surface area contributed by atoms with E-state index in [4.69, 9.17) is 21.7 Å². The lowest BCUT2D eigenvalue weighted by Gasteiger charge is -2.18. The van der Waals surface area contributed by atoms with Crippen molar-refractivity contribution in [3.63, 3.8) is 0 Å². The van der Waals surface area contributed by atoms with Crippen LogP contribution in [0.2, 0.25) is 0 Å². The Kier molecular flexibility index (Phi) is 7.41. The van der Waals surface area contributed by atoms with Gasteiger partial charge >= 0.3 is 11.4 Å². The predicted molar refractivity (Wildman–Crippen MR) is 122 cm³/mol. The quantitative estimate of drug-likeness (QED) is 0.153. The molecule has 12 heteroatoms. The molecule has 0 saturated heterocycles. The van der Waals surface area contributed by atoms with Crippen LogP contribution in [0.25, 0.3) is 0 Å². The molecule has 2 aromatic carbocycles. The number of nitrogens with one attached hydrogen (secondary N) is 2. The van der Waals surface area contributed by atoms with Crippen molar-refractivity contribution < 1.29 is 9.13 Å². The fraction of sp³-hybridized carbons (Fsp3) is 0.238. The van der Waals surface area contributed by atoms with E-state index in [-0.39, 0.29) is 38.1 Å². The molecule has 0 saturated carbocycles. The van der Waals surface area contributed by atoms with Gasteiger partial charge in [-0.2, -0.15) is 4.98 Å². The van der Waals surface area contributed by atoms with Crippen LogP contribution in [-0.4, -0.2) is 45.3 Å². The van der Waals surface area contributed by atoms with Gasteiger partial charge in [0.15, 0.2) is 0 Å². The molecule has 0 amide bonds. The highest BCUT2D eigenvalue weighted by Gasteiger charge is 2.15. The minimum Gasteiger partial charge on any atom is -0.497 e. The van der Waals surface area contributed by atoms with Crippen molar-refractivity contribution in [3.8, 4) is 5.75 Å². The second-order valence-electron chi connectivity index (χ2n) is 7.15. The number of hydrogen-bond donors (Lipinski definition) is 4. The van der Waals surface area contributed by atoms with Gasteiger partial charge in [0.1, 0.15) is 11.6 Å². The van der Waals surface area contributed by atoms with Gasteiger partial charge in [0.25, 0.3) is 0 Å². The molecule has 0 aliphatic rings. The molecular formula is C21H25FN8O3. The van der Waals surface area contributed by atoms with Crippen LogP contribution in [0, 0.1) is 11.2 Å². The van der Waals surface area contributed by atoms with Crippen LogP contribution >= 0.6 is 0 Å². The molecule has 174 valence electrons. The van der Waals surface area contributed by atoms with Gasteiger partial charge < -0.3 is 15.8 Å². The fourth-order valence-electron chi connectivity index (χ4n) is 3.04. The molecule has 3 rings (SSSR count). The van der Waals surface area contributed by atoms with Crippen molar-refractivity contribution in [2.75, 3.05) is 25.5 Å². The summed E-state index contributed by atoms with van der Waals surface area (Å²) in [4.78, 5) is 30.0. The number of hydrazine groups is 1. The van der Waals surface area contributed by atoms with E-state index in [0.29, 0.717) is 11.3 Å². The minimum absolute atomic E-state index is 0.0492. The van der Waals surface area contributed by atoms with Gasteiger partial charge in [-0.05, 0) is 35.4 Å². The average Bonchev–Trinajstić information content (AvgIpc) is 2.80. The highest BCUT2D eigenvalue weighted by Crippen LogP contribution is 2.13. The number of rotatable bonds is 9. The summed E-state index contributed by atoms with van der Waals surface area (Å²) in [6, 6.07) is 12.6. The summed E-state index contributed by atoms with van der Waals surface area (Å²) < 4.78 is 20.7. The van der Waals surface area contributed by atoms with Crippen LogP contribution in [-0.2, 0) is 13.1 Å². The van der Waals surface area contributed by atoms with Crippen LogP contribution in [0.3, 0.4) is 0 Å². The SMILES string of the molecule is COc1ccc(Cn2c(NCCN(N)C(=N)N)nc(=O)n(Cc3ccc(F)cc3)c2=O)cc1. The van der Waals surface area contributed by atoms with Crippen molar-refractivity contribution in [3.05, 3.63) is 86.4 Å². The number of aromatic nitrogens is 3. The zero-order valence-corrected chi connectivity index (χ0v) is 18.0. The number of anilines is 1. The topological polar surface area (TPSA) is 157 Å². The monoisotopic (exact) mass is 456 g/mol. The van der Waals surface area contributed by atoms with Crippen molar-refractivity contribution in [2.45, 2.75) is 13.1 Å². The van der Waals surface area contributed by atoms with Gasteiger partial charge in [-0.15, -0.1) is 0 Å². The number of methoxy groups -OCH3 is 1. The summed E-state index contributed by atoms with van der Waals surface area (Å²) in [5.41, 5.74) is 5.33. The molecule has 1 heterocycles. The second-order valence-corrected chi connectivity index (χ2v) is 7.15. The lowest BCUT2D eigenvalue weighted by atomic mass is 10.2. The van der Waals surface area contributed by atoms with Crippen LogP contribution in [0.15, 0.2) is 58.1 Å². The number of hydrogen-bond acceptors (Lipinski definition) is 7. The summed E-state index contributed by atoms with van der Waals surface area (Å²) in [7, 11) is 1.55. The van der Waals surface area contributed by atoms with Gasteiger partial charge in [-0.3, -0.25) is 15.0 Å². The highest BCUT2D eigenvalue weighted by molar-refractivity contribution is 5.73. The lowest BCUT2D eigenvalue weighted by molar-refractivity contribution is 0.414. The number of benzene rings is 2. The van der Waals surface area contributed by atoms with Crippen molar-refractivity contribution in [1.29, 1.82) is 5.41 Å². The van der Waals surface area contributed by atoms with Gasteiger partial charge in [0.05, 0.1) is 26.7 Å². The second kappa shape index (κ2) is 10.4. The summed E-state index contributed by atoms with van der Waals surface area (Å²) >= 11 is 0. The Morgan fingerprint density at radius 1 is 1.09 bits per heavy atom. The smallest absolute Gasteiger partial charge is 0.355 e. The van der Waals surface area contributed by atoms with Crippen molar-refractivity contribution >= 4 is 11.9 Å². The third-order valence-corrected chi connectivity index (χ3v) is 4.85. The number of nitrogens with two attached hydrogens (primary N) is 2. The van der Waals surface area contributed by atoms with Gasteiger partial charge in [0.2, 0.25) is 11.9 Å². The van der Waals surface area contributed by atoms with E-state index in [1.807, 2.05) is 0 Å². The van der Waals surface area contributed by atoms with Crippen molar-refractivity contribution in [2.24, 2.45) is 11.6 Å². The lowest BCUT2D eigenvalue weighted by Crippen LogP contribution is -2.46. The maximum Gasteiger partial charge on any atom is 0.355 e. The molecule has 0 spiro atoms. The first-order valence-corrected chi connectivity index (χ1v) is 9.97. The average molecular weight is 456 g/mol. The molecule has 0 atom stereocenters. The van der Waals surface area contributed by atoms with E-state index in [9.17, 15) is 14.0 Å². The molecule has 1 aromatic heterocycles. The Morgan fingerprint density at radius 3 is 2.24 bits per heavy atom. The summed E-state index contributed by atoms with van der Waals surface area (Å²) in [5.74, 6) is 5.57. The van der Waals surface area contributed by atoms with E-state index < -0.39 is 17.2 Å². The predicted octanol–water partition coefficient (Wildman–Crippen LogP) is 0.130. The Balaban J connectivity index is 1.96. The summed E-state index contributed by atoms with van der Waals surface area (Å²) in [6.45, 7) is 0.384. The molecule has 0 unspecified atom stereocenters. The Bertz CT molecular complexity index is 1220. The Morgan fingerprint density at radius 2 is 1.67 bits per heavy atom. The third-order valence-electron chi connectivity index (χ3n) is 4.85. The number of halogens is 1. The van der Waals surface area contributed by atoms with E-state index in [1.54, 1.807) is 31.4 Å². The number of nitrogens with zero attached hydrogens (tertiary/aromatic N) is 4. The largest absolute Gasteiger partial charge is 0.497 e. The Labute approximate surface area is 188 Å². The van der Waals surface area contributed by atoms with E-state index in [0.717, 1.165) is 15.1 Å². The Hall–Kier alpha value is -4.19. The highest BCUT2D eigenvalue weighted by atomic mass is 19.1. The van der Waals surface area contributed by atoms with Gasteiger partial charge in [-0.25, -0.2) is 24.4 Å². The minimum atomic E-state index is -0.756. The first kappa shape index (κ1) is 23.5. The van der Waals surface area contributed by atoms with E-state index in [2.05, 4.69) is 10.3 Å². The number of ether oxygens (including phenoxy) is 1. The molecule has 6 N–H and O–H groups in total. The molecule has 0 aliphatic heterocycles. The standard InChI is InChI=1S/C21H25FN8O3/c1-33-17-8-4-15(5-9-17)12-28-19(26-10-11-30(25)18(23)24)27-20(31)29(21(28)32)13-14-2-6-16(22)7-3-14/h2-9H,10-13,25H2,1H3,(H3,23,24)(H,26,27,31). The normalized spacial score (nSPS) is 10.6. The molecule has 11 nitrogen and oxygen atoms in total. The number of guanidine groups is 1. The molecule has 0 fully saturated rings. The van der Waals surface area contributed by atoms with Gasteiger partial charge in [0, 0.05) is 6.54 Å². The van der Waals surface area contributed by atoms with Crippen LogP contribution in [0.4, 0.5) is 10.3 Å². The first-order valence-electron chi connectivity index (χ1n) is 9.97. The third kappa shape index (κ3) is 5.95. The molecule has 0 radical (unpaired) electrons. The maximum atomic E-state index is 13.3. The summed E-state index contributed by atoms with van der Waals surface area (Å²) in [5, 5.41) is 11.2. The molecule has 0 aliphatic carbocycles. The molecule has 33 heavy (non-hydrogen) atoms. The zero-order valence-electron chi connectivity index (χ0n) is 18.0. The molecule has 3 aromatic rings. The van der Waals surface area contributed by atoms with E-state index >= 15 is 0 Å². The zero-order chi connectivity index (χ0) is 24.0. The molecular weight excluding hydrogens is 431 g/mol.